The second-order valence-electron chi connectivity index (χ2n) is 13.8. The Morgan fingerprint density at radius 3 is 1.65 bits per heavy atom. The van der Waals surface area contributed by atoms with Crippen LogP contribution in [0.1, 0.15) is 120 Å². The van der Waals surface area contributed by atoms with E-state index in [1.807, 2.05) is 41.5 Å². The maximum Gasteiger partial charge on any atom is 0.270 e. The van der Waals surface area contributed by atoms with Gasteiger partial charge in [0, 0.05) is 6.54 Å². The van der Waals surface area contributed by atoms with Crippen molar-refractivity contribution in [2.75, 3.05) is 6.54 Å². The van der Waals surface area contributed by atoms with E-state index < -0.39 is 71.6 Å². The van der Waals surface area contributed by atoms with Crippen molar-refractivity contribution >= 4 is 41.4 Å². The Morgan fingerprint density at radius 2 is 1.20 bits per heavy atom. The van der Waals surface area contributed by atoms with E-state index in [1.54, 1.807) is 0 Å². The van der Waals surface area contributed by atoms with Gasteiger partial charge >= 0.3 is 0 Å². The molecule has 0 saturated heterocycles. The van der Waals surface area contributed by atoms with E-state index in [0.717, 1.165) is 0 Å². The number of nitrogens with one attached hydrogen (secondary N) is 7. The van der Waals surface area contributed by atoms with E-state index in [4.69, 9.17) is 5.84 Å². The average Bonchev–Trinajstić information content (AvgIpc) is 3.08. The predicted octanol–water partition coefficient (Wildman–Crippen LogP) is 0.715. The van der Waals surface area contributed by atoms with Gasteiger partial charge in [0.05, 0.1) is 0 Å². The minimum absolute atomic E-state index is 0.00679. The molecule has 0 radical (unpaired) electrons. The molecule has 5 atom stereocenters. The van der Waals surface area contributed by atoms with E-state index in [9.17, 15) is 33.6 Å². The number of aromatic nitrogens is 1. The SMILES string of the molecule is CCC[C@@H]1NC(=O)C(CC(C)C)NC(=O)c2cccc(n2)C(=O)N[C@@H](CC(C)C)C(=O)N[C@@H](CCC)C(=O)NCCCC[C@@H](C(=O)NN)NC1=O. The van der Waals surface area contributed by atoms with E-state index in [2.05, 4.69) is 42.3 Å². The first kappa shape index (κ1) is 42.6. The standard InChI is InChI=1S/C35H57N9O7/c1-7-12-22-29(45)37-17-10-9-14-26(35(51)44-36)41-30(46)23(13-8-2)40-34(50)28(19-21(5)6)43-32(48)25-16-11-15-24(38-25)31(47)42-27(18-20(3)4)33(49)39-22/h11,15-16,20-23,26-28H,7-10,12-14,17-19,36H2,1-6H3,(H,37,45)(H,39,49)(H,40,50)(H,41,46)(H,42,47)(H,43,48)(H,44,51)/t22-,23-,26-,27-,28?/m0/s1. The summed E-state index contributed by atoms with van der Waals surface area (Å²) in [7, 11) is 0. The maximum atomic E-state index is 13.6. The number of amides is 7. The van der Waals surface area contributed by atoms with Crippen LogP contribution in [-0.2, 0) is 24.0 Å². The van der Waals surface area contributed by atoms with E-state index in [-0.39, 0.29) is 55.5 Å². The molecule has 1 aliphatic rings. The zero-order valence-corrected chi connectivity index (χ0v) is 30.7. The molecule has 51 heavy (non-hydrogen) atoms. The largest absolute Gasteiger partial charge is 0.354 e. The van der Waals surface area contributed by atoms with Crippen molar-refractivity contribution in [1.29, 1.82) is 0 Å². The maximum absolute atomic E-state index is 13.6. The van der Waals surface area contributed by atoms with Crippen molar-refractivity contribution in [3.63, 3.8) is 0 Å². The molecule has 2 bridgehead atoms. The first-order valence-electron chi connectivity index (χ1n) is 18.0. The minimum Gasteiger partial charge on any atom is -0.354 e. The van der Waals surface area contributed by atoms with Gasteiger partial charge in [-0.25, -0.2) is 10.8 Å². The van der Waals surface area contributed by atoms with Crippen LogP contribution in [0.5, 0.6) is 0 Å². The number of pyridine rings is 1. The predicted molar refractivity (Wildman–Crippen MR) is 190 cm³/mol. The first-order valence-corrected chi connectivity index (χ1v) is 18.0. The van der Waals surface area contributed by atoms with E-state index in [0.29, 0.717) is 32.1 Å². The second kappa shape index (κ2) is 21.6. The van der Waals surface area contributed by atoms with Gasteiger partial charge in [-0.1, -0.05) is 60.5 Å². The highest BCUT2D eigenvalue weighted by atomic mass is 16.2. The molecule has 1 unspecified atom stereocenters. The number of hydrogen-bond donors (Lipinski definition) is 8. The normalized spacial score (nSPS) is 23.6. The molecule has 1 aromatic heterocycles. The van der Waals surface area contributed by atoms with Gasteiger partial charge in [0.15, 0.2) is 0 Å². The highest BCUT2D eigenvalue weighted by Crippen LogP contribution is 2.12. The quantitative estimate of drug-likeness (QED) is 0.102. The van der Waals surface area contributed by atoms with E-state index in [1.165, 1.54) is 18.2 Å². The summed E-state index contributed by atoms with van der Waals surface area (Å²) in [4.78, 5) is 97.2. The summed E-state index contributed by atoms with van der Waals surface area (Å²) in [5.41, 5.74) is 1.81. The molecule has 2 rings (SSSR count). The summed E-state index contributed by atoms with van der Waals surface area (Å²) in [6.45, 7) is 11.5. The third-order valence-electron chi connectivity index (χ3n) is 8.29. The number of nitrogens with two attached hydrogens (primary N) is 1. The zero-order chi connectivity index (χ0) is 38.1. The van der Waals surface area contributed by atoms with Gasteiger partial charge in [-0.05, 0) is 68.9 Å². The molecule has 16 heteroatoms. The Labute approximate surface area is 300 Å². The lowest BCUT2D eigenvalue weighted by Crippen LogP contribution is -2.57. The Hall–Kier alpha value is -4.60. The van der Waals surface area contributed by atoms with Crippen molar-refractivity contribution in [3.8, 4) is 0 Å². The third kappa shape index (κ3) is 14.3. The number of nitrogens with zero attached hydrogens (tertiary/aromatic N) is 1. The van der Waals surface area contributed by atoms with Gasteiger partial charge in [-0.15, -0.1) is 0 Å². The number of carbonyl (C=O) groups is 7. The summed E-state index contributed by atoms with van der Waals surface area (Å²) < 4.78 is 0. The molecule has 0 aliphatic carbocycles. The van der Waals surface area contributed by atoms with Crippen LogP contribution in [0.2, 0.25) is 0 Å². The number of rotatable bonds is 9. The number of fused-ring (bicyclic) bond motifs is 2. The Balaban J connectivity index is 2.51. The average molecular weight is 716 g/mol. The van der Waals surface area contributed by atoms with Crippen LogP contribution < -0.4 is 43.2 Å². The summed E-state index contributed by atoms with van der Waals surface area (Å²) >= 11 is 0. The minimum atomic E-state index is -1.05. The molecule has 1 aromatic rings. The number of hydrazine groups is 1. The summed E-state index contributed by atoms with van der Waals surface area (Å²) in [6, 6.07) is -0.669. The molecular formula is C35H57N9O7. The lowest BCUT2D eigenvalue weighted by Gasteiger charge is -2.26. The van der Waals surface area contributed by atoms with Crippen LogP contribution >= 0.6 is 0 Å². The lowest BCUT2D eigenvalue weighted by molar-refractivity contribution is -0.133. The molecule has 7 amide bonds. The molecular weight excluding hydrogens is 658 g/mol. The second-order valence-corrected chi connectivity index (χ2v) is 13.8. The van der Waals surface area contributed by atoms with Gasteiger partial charge in [-0.2, -0.15) is 0 Å². The molecule has 2 heterocycles. The first-order chi connectivity index (χ1) is 24.2. The van der Waals surface area contributed by atoms with Crippen LogP contribution in [-0.4, -0.2) is 83.1 Å². The highest BCUT2D eigenvalue weighted by molar-refractivity contribution is 6.00. The van der Waals surface area contributed by atoms with Crippen LogP contribution in [0.3, 0.4) is 0 Å². The van der Waals surface area contributed by atoms with Crippen LogP contribution in [0, 0.1) is 11.8 Å². The van der Waals surface area contributed by atoms with Crippen molar-refractivity contribution < 1.29 is 33.6 Å². The van der Waals surface area contributed by atoms with E-state index >= 15 is 0 Å². The molecule has 0 saturated carbocycles. The third-order valence-corrected chi connectivity index (χ3v) is 8.29. The van der Waals surface area contributed by atoms with Gasteiger partial charge in [-0.3, -0.25) is 39.0 Å². The monoisotopic (exact) mass is 715 g/mol. The fraction of sp³-hybridized carbons (Fsp3) is 0.657. The highest BCUT2D eigenvalue weighted by Gasteiger charge is 2.31. The molecule has 284 valence electrons. The molecule has 0 fully saturated rings. The van der Waals surface area contributed by atoms with Crippen molar-refractivity contribution in [3.05, 3.63) is 29.6 Å². The lowest BCUT2D eigenvalue weighted by atomic mass is 10.0. The van der Waals surface area contributed by atoms with Crippen LogP contribution in [0.4, 0.5) is 0 Å². The fourth-order valence-corrected chi connectivity index (χ4v) is 5.67. The summed E-state index contributed by atoms with van der Waals surface area (Å²) in [6.07, 6.45) is 3.33. The molecule has 0 aromatic carbocycles. The Bertz CT molecular complexity index is 1370. The van der Waals surface area contributed by atoms with Gasteiger partial charge in [0.2, 0.25) is 23.6 Å². The topological polar surface area (TPSA) is 243 Å². The van der Waals surface area contributed by atoms with Crippen LogP contribution in [0.15, 0.2) is 18.2 Å². The number of carbonyl (C=O) groups excluding carboxylic acids is 7. The van der Waals surface area contributed by atoms with Crippen LogP contribution in [0.25, 0.3) is 0 Å². The molecule has 16 nitrogen and oxygen atoms in total. The zero-order valence-electron chi connectivity index (χ0n) is 30.7. The molecule has 9 N–H and O–H groups in total. The van der Waals surface area contributed by atoms with Gasteiger partial charge < -0.3 is 31.9 Å². The number of hydrogen-bond acceptors (Lipinski definition) is 9. The Kier molecular flexibility index (Phi) is 18.0. The van der Waals surface area contributed by atoms with Crippen molar-refractivity contribution in [2.24, 2.45) is 17.7 Å². The summed E-state index contributed by atoms with van der Waals surface area (Å²) in [5.74, 6) is 1.22. The molecule has 0 spiro atoms. The van der Waals surface area contributed by atoms with Crippen molar-refractivity contribution in [1.82, 2.24) is 42.3 Å². The fourth-order valence-electron chi connectivity index (χ4n) is 5.67. The smallest absolute Gasteiger partial charge is 0.270 e. The Morgan fingerprint density at radius 1 is 0.725 bits per heavy atom. The van der Waals surface area contributed by atoms with Gasteiger partial charge in [0.1, 0.15) is 41.6 Å². The summed E-state index contributed by atoms with van der Waals surface area (Å²) in [5, 5.41) is 16.4. The van der Waals surface area contributed by atoms with Gasteiger partial charge in [0.25, 0.3) is 17.7 Å². The van der Waals surface area contributed by atoms with Crippen molar-refractivity contribution in [2.45, 2.75) is 130 Å². The molecule has 1 aliphatic heterocycles.